The van der Waals surface area contributed by atoms with Crippen LogP contribution in [0.1, 0.15) is 77.1 Å². The summed E-state index contributed by atoms with van der Waals surface area (Å²) in [6.07, 6.45) is -1.26. The quantitative estimate of drug-likeness (QED) is 0.666. The number of nitrogens with zero attached hydrogens (tertiary/aromatic N) is 2. The first kappa shape index (κ1) is 25.3. The zero-order valence-corrected chi connectivity index (χ0v) is 20.0. The summed E-state index contributed by atoms with van der Waals surface area (Å²) in [7, 11) is 0. The van der Waals surface area contributed by atoms with Gasteiger partial charge in [-0.25, -0.2) is 4.79 Å². The van der Waals surface area contributed by atoms with Crippen LogP contribution >= 0.6 is 0 Å². The number of fused-ring (bicyclic) bond motifs is 1. The first-order valence-electron chi connectivity index (χ1n) is 11.5. The van der Waals surface area contributed by atoms with Crippen molar-refractivity contribution < 1.29 is 27.5 Å². The van der Waals surface area contributed by atoms with E-state index in [4.69, 9.17) is 4.74 Å². The van der Waals surface area contributed by atoms with Crippen molar-refractivity contribution in [1.82, 2.24) is 15.2 Å². The Morgan fingerprint density at radius 2 is 2.00 bits per heavy atom. The van der Waals surface area contributed by atoms with Crippen molar-refractivity contribution >= 4 is 12.0 Å². The topological polar surface area (TPSA) is 71.5 Å². The average Bonchev–Trinajstić information content (AvgIpc) is 3.06. The van der Waals surface area contributed by atoms with Gasteiger partial charge in [-0.2, -0.15) is 13.2 Å². The fourth-order valence-electron chi connectivity index (χ4n) is 5.06. The van der Waals surface area contributed by atoms with E-state index in [1.807, 2.05) is 0 Å². The molecule has 2 aliphatic rings. The third kappa shape index (κ3) is 6.18. The highest BCUT2D eigenvalue weighted by Gasteiger charge is 2.48. The van der Waals surface area contributed by atoms with Crippen LogP contribution in [0.25, 0.3) is 0 Å². The van der Waals surface area contributed by atoms with Crippen molar-refractivity contribution in [2.24, 2.45) is 11.3 Å². The Morgan fingerprint density at radius 1 is 1.30 bits per heavy atom. The number of hydrogen-bond donors (Lipinski definition) is 1. The maximum atomic E-state index is 13.7. The summed E-state index contributed by atoms with van der Waals surface area (Å²) in [6, 6.07) is 0.927. The predicted molar refractivity (Wildman–Crippen MR) is 117 cm³/mol. The molecule has 184 valence electrons. The number of carbonyl (C=O) groups is 2. The number of rotatable bonds is 4. The molecule has 0 spiro atoms. The van der Waals surface area contributed by atoms with Crippen LogP contribution < -0.4 is 5.32 Å². The summed E-state index contributed by atoms with van der Waals surface area (Å²) < 4.78 is 44.8. The number of amides is 2. The fourth-order valence-corrected chi connectivity index (χ4v) is 5.06. The van der Waals surface area contributed by atoms with Gasteiger partial charge in [0.1, 0.15) is 5.60 Å². The second kappa shape index (κ2) is 9.14. The van der Waals surface area contributed by atoms with Crippen LogP contribution in [0.3, 0.4) is 0 Å². The number of alkyl halides is 3. The molecular weight excluding hydrogens is 435 g/mol. The average molecular weight is 470 g/mol. The zero-order valence-electron chi connectivity index (χ0n) is 20.0. The normalized spacial score (nSPS) is 23.4. The summed E-state index contributed by atoms with van der Waals surface area (Å²) in [4.78, 5) is 31.7. The Labute approximate surface area is 193 Å². The highest BCUT2D eigenvalue weighted by atomic mass is 19.4. The van der Waals surface area contributed by atoms with Gasteiger partial charge in [0, 0.05) is 37.4 Å². The van der Waals surface area contributed by atoms with Crippen LogP contribution in [0.4, 0.5) is 18.0 Å². The molecule has 1 N–H and O–H groups in total. The van der Waals surface area contributed by atoms with Crippen molar-refractivity contribution in [3.63, 3.8) is 0 Å². The second-order valence-corrected chi connectivity index (χ2v) is 10.8. The van der Waals surface area contributed by atoms with Gasteiger partial charge >= 0.3 is 12.3 Å². The molecule has 1 aromatic heterocycles. The highest BCUT2D eigenvalue weighted by Crippen LogP contribution is 2.45. The minimum atomic E-state index is -4.47. The van der Waals surface area contributed by atoms with Gasteiger partial charge in [-0.05, 0) is 64.0 Å². The van der Waals surface area contributed by atoms with Gasteiger partial charge in [-0.1, -0.05) is 13.8 Å². The van der Waals surface area contributed by atoms with Crippen molar-refractivity contribution in [1.29, 1.82) is 0 Å². The number of aromatic nitrogens is 1. The molecule has 0 bridgehead atoms. The van der Waals surface area contributed by atoms with E-state index in [2.05, 4.69) is 24.1 Å². The van der Waals surface area contributed by atoms with Gasteiger partial charge in [0.2, 0.25) is 5.91 Å². The second-order valence-electron chi connectivity index (χ2n) is 10.8. The molecule has 3 rings (SSSR count). The molecule has 2 amide bonds. The van der Waals surface area contributed by atoms with E-state index in [0.717, 1.165) is 12.3 Å². The zero-order chi connectivity index (χ0) is 24.6. The van der Waals surface area contributed by atoms with Gasteiger partial charge in [-0.3, -0.25) is 9.78 Å². The van der Waals surface area contributed by atoms with Crippen molar-refractivity contribution in [2.75, 3.05) is 6.54 Å². The Hall–Kier alpha value is -2.32. The Bertz CT molecular complexity index is 895. The predicted octanol–water partition coefficient (Wildman–Crippen LogP) is 5.09. The van der Waals surface area contributed by atoms with Crippen molar-refractivity contribution in [3.8, 4) is 0 Å². The number of pyridine rings is 1. The van der Waals surface area contributed by atoms with E-state index in [1.54, 1.807) is 25.7 Å². The van der Waals surface area contributed by atoms with Gasteiger partial charge in [0.15, 0.2) is 0 Å². The monoisotopic (exact) mass is 469 g/mol. The minimum Gasteiger partial charge on any atom is -0.444 e. The molecule has 2 heterocycles. The third-order valence-electron chi connectivity index (χ3n) is 6.24. The number of carbonyl (C=O) groups excluding carboxylic acids is 2. The van der Waals surface area contributed by atoms with Gasteiger partial charge < -0.3 is 15.0 Å². The minimum absolute atomic E-state index is 0.0484. The Morgan fingerprint density at radius 3 is 2.61 bits per heavy atom. The standard InChI is InChI=1S/C24H34F3N3O3/c1-15(2)11-23(8-6-18(12-23)29-21(32)33-22(3,4)5)20(31)30-9-7-19-16(14-30)10-17(13-28-19)24(25,26)27/h10,13,15,18H,6-9,11-12,14H2,1-5H3,(H,29,32). The molecule has 0 saturated heterocycles. The van der Waals surface area contributed by atoms with Gasteiger partial charge in [0.25, 0.3) is 0 Å². The highest BCUT2D eigenvalue weighted by molar-refractivity contribution is 5.83. The lowest BCUT2D eigenvalue weighted by Gasteiger charge is -2.38. The molecule has 33 heavy (non-hydrogen) atoms. The molecule has 1 aliphatic carbocycles. The van der Waals surface area contributed by atoms with Crippen LogP contribution in [-0.4, -0.2) is 40.1 Å². The number of nitrogens with one attached hydrogen (secondary N) is 1. The number of alkyl carbamates (subject to hydrolysis) is 1. The van der Waals surface area contributed by atoms with Gasteiger partial charge in [0.05, 0.1) is 11.0 Å². The van der Waals surface area contributed by atoms with E-state index in [9.17, 15) is 22.8 Å². The molecule has 2 atom stereocenters. The molecule has 1 fully saturated rings. The Kier molecular flexibility index (Phi) is 7.01. The lowest BCUT2D eigenvalue weighted by molar-refractivity contribution is -0.144. The maximum Gasteiger partial charge on any atom is 0.417 e. The van der Waals surface area contributed by atoms with E-state index in [0.29, 0.717) is 49.9 Å². The number of ether oxygens (including phenoxy) is 1. The third-order valence-corrected chi connectivity index (χ3v) is 6.24. The van der Waals surface area contributed by atoms with E-state index in [-0.39, 0.29) is 24.4 Å². The van der Waals surface area contributed by atoms with Gasteiger partial charge in [-0.15, -0.1) is 0 Å². The Balaban J connectivity index is 1.76. The molecule has 0 radical (unpaired) electrons. The maximum absolute atomic E-state index is 13.7. The SMILES string of the molecule is CC(C)CC1(C(=O)N2CCc3ncc(C(F)(F)F)cc3C2)CCC(NC(=O)OC(C)(C)C)C1. The number of hydrogen-bond acceptors (Lipinski definition) is 4. The van der Waals surface area contributed by atoms with Crippen LogP contribution in [0.5, 0.6) is 0 Å². The summed E-state index contributed by atoms with van der Waals surface area (Å²) in [5.41, 5.74) is -1.00. The van der Waals surface area contributed by atoms with Crippen LogP contribution in [0, 0.1) is 11.3 Å². The molecule has 6 nitrogen and oxygen atoms in total. The molecular formula is C24H34F3N3O3. The molecule has 1 saturated carbocycles. The fraction of sp³-hybridized carbons (Fsp3) is 0.708. The number of halogens is 3. The first-order chi connectivity index (χ1) is 15.2. The summed E-state index contributed by atoms with van der Waals surface area (Å²) in [6.45, 7) is 10.0. The molecule has 9 heteroatoms. The molecule has 2 unspecified atom stereocenters. The summed E-state index contributed by atoms with van der Waals surface area (Å²) >= 11 is 0. The summed E-state index contributed by atoms with van der Waals surface area (Å²) in [5, 5.41) is 2.89. The molecule has 1 aliphatic heterocycles. The largest absolute Gasteiger partial charge is 0.444 e. The van der Waals surface area contributed by atoms with Crippen LogP contribution in [-0.2, 0) is 28.7 Å². The smallest absolute Gasteiger partial charge is 0.417 e. The van der Waals surface area contributed by atoms with Crippen molar-refractivity contribution in [3.05, 3.63) is 29.1 Å². The lowest BCUT2D eigenvalue weighted by atomic mass is 9.76. The van der Waals surface area contributed by atoms with E-state index < -0.39 is 28.8 Å². The van der Waals surface area contributed by atoms with Crippen LogP contribution in [0.2, 0.25) is 0 Å². The summed E-state index contributed by atoms with van der Waals surface area (Å²) in [5.74, 6) is 0.206. The molecule has 1 aromatic rings. The first-order valence-corrected chi connectivity index (χ1v) is 11.5. The van der Waals surface area contributed by atoms with Crippen LogP contribution in [0.15, 0.2) is 12.3 Å². The van der Waals surface area contributed by atoms with E-state index >= 15 is 0 Å². The van der Waals surface area contributed by atoms with E-state index in [1.165, 1.54) is 0 Å². The van der Waals surface area contributed by atoms with Crippen molar-refractivity contribution in [2.45, 2.75) is 91.1 Å². The molecule has 0 aromatic carbocycles. The lowest BCUT2D eigenvalue weighted by Crippen LogP contribution is -2.47.